The fraction of sp³-hybridized carbons (Fsp3) is 0.222. The van der Waals surface area contributed by atoms with Crippen molar-refractivity contribution in [2.45, 2.75) is 41.6 Å². The van der Waals surface area contributed by atoms with Crippen molar-refractivity contribution < 1.29 is 31.2 Å². The van der Waals surface area contributed by atoms with Crippen LogP contribution in [0.25, 0.3) is 11.1 Å². The summed E-state index contributed by atoms with van der Waals surface area (Å²) in [6.45, 7) is 3.47. The predicted molar refractivity (Wildman–Crippen MR) is 202 cm³/mol. The number of carbonyl (C=O) groups excluding carboxylic acids is 2. The van der Waals surface area contributed by atoms with Crippen LogP contribution < -0.4 is 11.1 Å². The topological polar surface area (TPSA) is 150 Å². The number of ether oxygens (including phenoxy) is 1. The number of carbonyl (C=O) groups is 2. The maximum atomic E-state index is 14.8. The third-order valence-electron chi connectivity index (χ3n) is 8.52. The molecule has 5 aromatic rings. The number of primary amides is 1. The van der Waals surface area contributed by atoms with Crippen molar-refractivity contribution in [1.82, 2.24) is 0 Å². The molecule has 2 amide bonds. The van der Waals surface area contributed by atoms with Crippen molar-refractivity contribution in [2.75, 3.05) is 23.9 Å². The number of halogens is 1. The van der Waals surface area contributed by atoms with Crippen molar-refractivity contribution in [2.24, 2.45) is 5.73 Å². The molecule has 5 rings (SSSR count). The zero-order chi connectivity index (χ0) is 36.3. The van der Waals surface area contributed by atoms with Crippen LogP contribution in [0, 0.1) is 0 Å². The molecule has 0 bridgehead atoms. The molecule has 0 aliphatic heterocycles. The molecule has 0 saturated carbocycles. The van der Waals surface area contributed by atoms with E-state index in [0.717, 1.165) is 16.7 Å². The number of thiophene rings is 2. The fourth-order valence-electron chi connectivity index (χ4n) is 5.92. The summed E-state index contributed by atoms with van der Waals surface area (Å²) in [5, 5.41) is 7.18. The lowest BCUT2D eigenvalue weighted by Crippen LogP contribution is -2.50. The lowest BCUT2D eigenvalue weighted by Gasteiger charge is -2.37. The second kappa shape index (κ2) is 15.3. The van der Waals surface area contributed by atoms with E-state index < -0.39 is 42.8 Å². The standard InChI is InChI=1S/C36H35BrN2O7S4/c1-4-49(42,43)28-14-10-23(11-15-28)33(34(40)39-32-18-25(21-48-32)30-9-7-6-8-24(30)20-46-3)36(35(38)41,31-19-27(37)22-47-31)26-12-16-29(17-13-26)50(44,45)5-2/h6-19,21-22,33H,4-5,20H2,1-3H3,(H2,38,41)(H,39,40). The Bertz CT molecular complexity index is 2230. The first kappa shape index (κ1) is 37.6. The van der Waals surface area contributed by atoms with Crippen LogP contribution >= 0.6 is 38.6 Å². The van der Waals surface area contributed by atoms with Gasteiger partial charge in [-0.05, 0) is 80.1 Å². The van der Waals surface area contributed by atoms with Gasteiger partial charge in [0.15, 0.2) is 19.7 Å². The molecule has 0 aliphatic rings. The average molecular weight is 816 g/mol. The van der Waals surface area contributed by atoms with Gasteiger partial charge in [-0.2, -0.15) is 0 Å². The van der Waals surface area contributed by atoms with E-state index in [9.17, 15) is 26.4 Å². The Morgan fingerprint density at radius 3 is 2.00 bits per heavy atom. The second-order valence-corrected chi connectivity index (χ2v) is 18.7. The van der Waals surface area contributed by atoms with E-state index in [2.05, 4.69) is 21.2 Å². The van der Waals surface area contributed by atoms with Crippen molar-refractivity contribution in [3.8, 4) is 11.1 Å². The minimum Gasteiger partial charge on any atom is -0.380 e. The van der Waals surface area contributed by atoms with Gasteiger partial charge in [-0.1, -0.05) is 62.4 Å². The molecule has 262 valence electrons. The number of nitrogens with one attached hydrogen (secondary N) is 1. The summed E-state index contributed by atoms with van der Waals surface area (Å²) < 4.78 is 56.9. The first-order valence-electron chi connectivity index (χ1n) is 15.5. The van der Waals surface area contributed by atoms with Crippen molar-refractivity contribution in [3.05, 3.63) is 122 Å². The van der Waals surface area contributed by atoms with Crippen LogP contribution in [0.2, 0.25) is 0 Å². The molecule has 0 fully saturated rings. The monoisotopic (exact) mass is 814 g/mol. The Hall–Kier alpha value is -3.66. The number of methoxy groups -OCH3 is 1. The molecule has 0 radical (unpaired) electrons. The summed E-state index contributed by atoms with van der Waals surface area (Å²) in [7, 11) is -5.54. The van der Waals surface area contributed by atoms with Crippen LogP contribution in [-0.2, 0) is 46.0 Å². The van der Waals surface area contributed by atoms with Crippen LogP contribution in [0.1, 0.15) is 41.3 Å². The van der Waals surface area contributed by atoms with Crippen LogP contribution in [0.3, 0.4) is 0 Å². The number of hydrogen-bond acceptors (Lipinski definition) is 9. The Morgan fingerprint density at radius 2 is 1.46 bits per heavy atom. The number of anilines is 1. The number of sulfone groups is 2. The summed E-state index contributed by atoms with van der Waals surface area (Å²) in [6.07, 6.45) is 0. The van der Waals surface area contributed by atoms with E-state index >= 15 is 0 Å². The predicted octanol–water partition coefficient (Wildman–Crippen LogP) is 7.17. The molecule has 2 aromatic heterocycles. The maximum absolute atomic E-state index is 14.8. The van der Waals surface area contributed by atoms with Crippen LogP contribution in [-0.4, -0.2) is 47.3 Å². The van der Waals surface area contributed by atoms with Crippen molar-refractivity contribution in [1.29, 1.82) is 0 Å². The third kappa shape index (κ3) is 7.37. The molecule has 50 heavy (non-hydrogen) atoms. The SMILES string of the molecule is CCS(=O)(=O)c1ccc(C(C(=O)Nc2cc(-c3ccccc3COC)cs2)C(C(N)=O)(c2ccc(S(=O)(=O)CC)cc2)c2cc(Br)cs2)cc1. The Labute approximate surface area is 308 Å². The molecule has 2 heterocycles. The summed E-state index contributed by atoms with van der Waals surface area (Å²) in [6, 6.07) is 23.0. The molecule has 0 aliphatic carbocycles. The van der Waals surface area contributed by atoms with Gasteiger partial charge >= 0.3 is 0 Å². The highest BCUT2D eigenvalue weighted by Gasteiger charge is 2.53. The van der Waals surface area contributed by atoms with E-state index in [1.807, 2.05) is 35.7 Å². The smallest absolute Gasteiger partial charge is 0.234 e. The van der Waals surface area contributed by atoms with E-state index in [1.54, 1.807) is 18.6 Å². The molecule has 3 N–H and O–H groups in total. The summed E-state index contributed by atoms with van der Waals surface area (Å²) in [5.41, 5.74) is 7.89. The summed E-state index contributed by atoms with van der Waals surface area (Å²) in [5.74, 6) is -3.01. The molecular weight excluding hydrogens is 781 g/mol. The first-order chi connectivity index (χ1) is 23.8. The second-order valence-electron chi connectivity index (χ2n) is 11.4. The molecule has 2 atom stereocenters. The molecular formula is C36H35BrN2O7S4. The average Bonchev–Trinajstić information content (AvgIpc) is 3.76. The lowest BCUT2D eigenvalue weighted by molar-refractivity contribution is -0.128. The van der Waals surface area contributed by atoms with Crippen LogP contribution in [0.5, 0.6) is 0 Å². The van der Waals surface area contributed by atoms with E-state index in [0.29, 0.717) is 32.1 Å². The summed E-state index contributed by atoms with van der Waals surface area (Å²) >= 11 is 5.99. The largest absolute Gasteiger partial charge is 0.380 e. The number of amides is 2. The number of benzene rings is 3. The van der Waals surface area contributed by atoms with Crippen molar-refractivity contribution in [3.63, 3.8) is 0 Å². The molecule has 0 spiro atoms. The normalized spacial score (nSPS) is 13.8. The number of rotatable bonds is 14. The minimum atomic E-state index is -3.58. The van der Waals surface area contributed by atoms with Gasteiger partial charge in [-0.15, -0.1) is 22.7 Å². The highest BCUT2D eigenvalue weighted by atomic mass is 79.9. The molecule has 9 nitrogen and oxygen atoms in total. The van der Waals surface area contributed by atoms with Crippen molar-refractivity contribution >= 4 is 75.1 Å². The molecule has 14 heteroatoms. The number of hydrogen-bond donors (Lipinski definition) is 2. The first-order valence-corrected chi connectivity index (χ1v) is 21.3. The minimum absolute atomic E-state index is 0.0597. The highest BCUT2D eigenvalue weighted by Crippen LogP contribution is 2.49. The van der Waals surface area contributed by atoms with E-state index in [1.165, 1.54) is 85.1 Å². The number of nitrogens with two attached hydrogens (primary N) is 1. The van der Waals surface area contributed by atoms with Gasteiger partial charge in [0, 0.05) is 27.2 Å². The third-order valence-corrected chi connectivity index (χ3v) is 14.7. The highest BCUT2D eigenvalue weighted by molar-refractivity contribution is 9.10. The van der Waals surface area contributed by atoms with Gasteiger partial charge in [0.25, 0.3) is 0 Å². The van der Waals surface area contributed by atoms with E-state index in [-0.39, 0.29) is 21.3 Å². The van der Waals surface area contributed by atoms with Gasteiger partial charge in [0.1, 0.15) is 5.41 Å². The Balaban J connectivity index is 1.71. The fourth-order valence-corrected chi connectivity index (χ4v) is 10.2. The van der Waals surface area contributed by atoms with Gasteiger partial charge in [0.05, 0.1) is 38.8 Å². The lowest BCUT2D eigenvalue weighted by atomic mass is 9.65. The van der Waals surface area contributed by atoms with Gasteiger partial charge in [-0.25, -0.2) is 16.8 Å². The van der Waals surface area contributed by atoms with Gasteiger partial charge in [0.2, 0.25) is 11.8 Å². The molecule has 0 saturated heterocycles. The Kier molecular flexibility index (Phi) is 11.5. The molecule has 2 unspecified atom stereocenters. The van der Waals surface area contributed by atoms with E-state index in [4.69, 9.17) is 10.5 Å². The Morgan fingerprint density at radius 1 is 0.860 bits per heavy atom. The maximum Gasteiger partial charge on any atom is 0.234 e. The van der Waals surface area contributed by atoms with Crippen LogP contribution in [0.15, 0.2) is 110 Å². The van der Waals surface area contributed by atoms with Crippen LogP contribution in [0.4, 0.5) is 5.00 Å². The summed E-state index contributed by atoms with van der Waals surface area (Å²) in [4.78, 5) is 29.5. The molecule has 3 aromatic carbocycles. The zero-order valence-electron chi connectivity index (χ0n) is 27.4. The van der Waals surface area contributed by atoms with Gasteiger partial charge in [-0.3, -0.25) is 9.59 Å². The zero-order valence-corrected chi connectivity index (χ0v) is 32.2. The van der Waals surface area contributed by atoms with Gasteiger partial charge < -0.3 is 15.8 Å². The quantitative estimate of drug-likeness (QED) is 0.121.